The van der Waals surface area contributed by atoms with E-state index in [0.717, 1.165) is 27.0 Å². The van der Waals surface area contributed by atoms with E-state index < -0.39 is 0 Å². The predicted octanol–water partition coefficient (Wildman–Crippen LogP) is 4.86. The Balaban J connectivity index is 1.75. The Hall–Kier alpha value is -2.14. The molecule has 3 rings (SSSR count). The van der Waals surface area contributed by atoms with Crippen LogP contribution in [0.1, 0.15) is 5.56 Å². The van der Waals surface area contributed by atoms with Gasteiger partial charge in [-0.1, -0.05) is 34.1 Å². The number of nitrogens with one attached hydrogen (secondary N) is 1. The summed E-state index contributed by atoms with van der Waals surface area (Å²) in [7, 11) is 0. The Bertz CT molecular complexity index is 744. The summed E-state index contributed by atoms with van der Waals surface area (Å²) in [5.41, 5.74) is 2.90. The zero-order valence-electron chi connectivity index (χ0n) is 11.0. The number of benzene rings is 2. The Kier molecular flexibility index (Phi) is 4.01. The lowest BCUT2D eigenvalue weighted by Crippen LogP contribution is -2.00. The lowest BCUT2D eigenvalue weighted by Gasteiger charge is -2.09. The van der Waals surface area contributed by atoms with Crippen LogP contribution in [0.5, 0.6) is 0 Å². The third kappa shape index (κ3) is 3.31. The maximum Gasteiger partial charge on any atom is 0.181 e. The summed E-state index contributed by atoms with van der Waals surface area (Å²) in [6.45, 7) is 0.598. The molecule has 5 heteroatoms. The van der Waals surface area contributed by atoms with Crippen molar-refractivity contribution in [3.63, 3.8) is 0 Å². The Labute approximate surface area is 130 Å². The molecule has 0 fully saturated rings. The highest BCUT2D eigenvalue weighted by molar-refractivity contribution is 9.10. The first-order chi connectivity index (χ1) is 10.2. The van der Waals surface area contributed by atoms with Gasteiger partial charge in [-0.25, -0.2) is 9.37 Å². The second kappa shape index (κ2) is 6.10. The normalized spacial score (nSPS) is 10.6. The molecular weight excluding hydrogens is 335 g/mol. The largest absolute Gasteiger partial charge is 0.444 e. The van der Waals surface area contributed by atoms with Crippen LogP contribution in [0.2, 0.25) is 0 Å². The SMILES string of the molecule is Fc1ccc(CNc2cccc(-c3cnco3)c2)c(Br)c1. The van der Waals surface area contributed by atoms with Crippen molar-refractivity contribution in [2.75, 3.05) is 5.32 Å². The monoisotopic (exact) mass is 346 g/mol. The third-order valence-corrected chi connectivity index (χ3v) is 3.82. The minimum atomic E-state index is -0.252. The van der Waals surface area contributed by atoms with Crippen molar-refractivity contribution in [1.82, 2.24) is 4.98 Å². The molecule has 0 amide bonds. The van der Waals surface area contributed by atoms with Crippen molar-refractivity contribution in [3.8, 4) is 11.3 Å². The molecule has 106 valence electrons. The highest BCUT2D eigenvalue weighted by Gasteiger charge is 2.04. The van der Waals surface area contributed by atoms with Gasteiger partial charge in [-0.15, -0.1) is 0 Å². The van der Waals surface area contributed by atoms with Gasteiger partial charge in [-0.3, -0.25) is 0 Å². The van der Waals surface area contributed by atoms with Crippen LogP contribution in [-0.2, 0) is 6.54 Å². The molecule has 0 unspecified atom stereocenters. The highest BCUT2D eigenvalue weighted by atomic mass is 79.9. The number of halogens is 2. The summed E-state index contributed by atoms with van der Waals surface area (Å²) in [6.07, 6.45) is 3.08. The summed E-state index contributed by atoms with van der Waals surface area (Å²) in [6, 6.07) is 12.5. The van der Waals surface area contributed by atoms with Crippen LogP contribution in [-0.4, -0.2) is 4.98 Å². The first-order valence-electron chi connectivity index (χ1n) is 6.39. The topological polar surface area (TPSA) is 38.1 Å². The van der Waals surface area contributed by atoms with E-state index in [1.165, 1.54) is 18.5 Å². The molecule has 0 saturated heterocycles. The van der Waals surface area contributed by atoms with Crippen LogP contribution >= 0.6 is 15.9 Å². The predicted molar refractivity (Wildman–Crippen MR) is 83.4 cm³/mol. The van der Waals surface area contributed by atoms with Crippen LogP contribution in [0.25, 0.3) is 11.3 Å². The van der Waals surface area contributed by atoms with Gasteiger partial charge in [0.1, 0.15) is 5.82 Å². The average Bonchev–Trinajstić information content (AvgIpc) is 3.01. The summed E-state index contributed by atoms with van der Waals surface area (Å²) in [5.74, 6) is 0.472. The summed E-state index contributed by atoms with van der Waals surface area (Å²) in [5, 5.41) is 3.31. The van der Waals surface area contributed by atoms with Crippen LogP contribution in [0.15, 0.2) is 63.9 Å². The van der Waals surface area contributed by atoms with Gasteiger partial charge in [-0.05, 0) is 29.8 Å². The fourth-order valence-corrected chi connectivity index (χ4v) is 2.49. The lowest BCUT2D eigenvalue weighted by molar-refractivity contribution is 0.572. The summed E-state index contributed by atoms with van der Waals surface area (Å²) in [4.78, 5) is 3.91. The summed E-state index contributed by atoms with van der Waals surface area (Å²) >= 11 is 3.36. The van der Waals surface area contributed by atoms with Gasteiger partial charge in [0.15, 0.2) is 12.2 Å². The molecular formula is C16H12BrFN2O. The number of aromatic nitrogens is 1. The molecule has 21 heavy (non-hydrogen) atoms. The molecule has 2 aromatic carbocycles. The number of nitrogens with zero attached hydrogens (tertiary/aromatic N) is 1. The molecule has 0 bridgehead atoms. The van der Waals surface area contributed by atoms with Crippen molar-refractivity contribution in [2.24, 2.45) is 0 Å². The van der Waals surface area contributed by atoms with E-state index in [4.69, 9.17) is 4.42 Å². The molecule has 0 aliphatic heterocycles. The molecule has 0 aliphatic rings. The number of anilines is 1. The van der Waals surface area contributed by atoms with E-state index in [2.05, 4.69) is 26.2 Å². The zero-order chi connectivity index (χ0) is 14.7. The Morgan fingerprint density at radius 3 is 2.86 bits per heavy atom. The molecule has 1 heterocycles. The van der Waals surface area contributed by atoms with Gasteiger partial charge in [0, 0.05) is 22.3 Å². The van der Waals surface area contributed by atoms with Crippen LogP contribution in [0.4, 0.5) is 10.1 Å². The number of rotatable bonds is 4. The van der Waals surface area contributed by atoms with Crippen molar-refractivity contribution in [2.45, 2.75) is 6.54 Å². The van der Waals surface area contributed by atoms with E-state index in [-0.39, 0.29) is 5.82 Å². The van der Waals surface area contributed by atoms with Gasteiger partial charge >= 0.3 is 0 Å². The number of hydrogen-bond acceptors (Lipinski definition) is 3. The molecule has 1 N–H and O–H groups in total. The van der Waals surface area contributed by atoms with E-state index in [9.17, 15) is 4.39 Å². The Morgan fingerprint density at radius 1 is 1.19 bits per heavy atom. The van der Waals surface area contributed by atoms with Gasteiger partial charge < -0.3 is 9.73 Å². The maximum absolute atomic E-state index is 13.1. The van der Waals surface area contributed by atoms with Gasteiger partial charge in [-0.2, -0.15) is 0 Å². The van der Waals surface area contributed by atoms with E-state index in [1.807, 2.05) is 24.3 Å². The van der Waals surface area contributed by atoms with E-state index >= 15 is 0 Å². The lowest BCUT2D eigenvalue weighted by atomic mass is 10.1. The van der Waals surface area contributed by atoms with E-state index in [0.29, 0.717) is 6.54 Å². The Morgan fingerprint density at radius 2 is 2.10 bits per heavy atom. The highest BCUT2D eigenvalue weighted by Crippen LogP contribution is 2.23. The molecule has 1 aromatic heterocycles. The van der Waals surface area contributed by atoms with Gasteiger partial charge in [0.25, 0.3) is 0 Å². The first kappa shape index (κ1) is 13.8. The standard InChI is InChI=1S/C16H12BrFN2O/c17-15-7-13(18)5-4-12(15)8-20-14-3-1-2-11(6-14)16-9-19-10-21-16/h1-7,9-10,20H,8H2. The smallest absolute Gasteiger partial charge is 0.181 e. The second-order valence-corrected chi connectivity index (χ2v) is 5.39. The van der Waals surface area contributed by atoms with Crippen molar-refractivity contribution in [3.05, 3.63) is 70.9 Å². The molecule has 3 nitrogen and oxygen atoms in total. The quantitative estimate of drug-likeness (QED) is 0.733. The average molecular weight is 347 g/mol. The minimum absolute atomic E-state index is 0.252. The molecule has 0 saturated carbocycles. The third-order valence-electron chi connectivity index (χ3n) is 3.08. The molecule has 0 radical (unpaired) electrons. The molecule has 0 spiro atoms. The molecule has 0 aliphatic carbocycles. The van der Waals surface area contributed by atoms with E-state index in [1.54, 1.807) is 12.3 Å². The molecule has 3 aromatic rings. The van der Waals surface area contributed by atoms with Crippen LogP contribution in [0, 0.1) is 5.82 Å². The number of hydrogen-bond donors (Lipinski definition) is 1. The first-order valence-corrected chi connectivity index (χ1v) is 7.18. The van der Waals surface area contributed by atoms with Crippen molar-refractivity contribution in [1.29, 1.82) is 0 Å². The maximum atomic E-state index is 13.1. The van der Waals surface area contributed by atoms with Gasteiger partial charge in [0.2, 0.25) is 0 Å². The zero-order valence-corrected chi connectivity index (χ0v) is 12.6. The number of oxazole rings is 1. The van der Waals surface area contributed by atoms with Crippen LogP contribution < -0.4 is 5.32 Å². The van der Waals surface area contributed by atoms with Crippen molar-refractivity contribution < 1.29 is 8.81 Å². The fourth-order valence-electron chi connectivity index (χ4n) is 2.00. The van der Waals surface area contributed by atoms with Crippen molar-refractivity contribution >= 4 is 21.6 Å². The molecule has 0 atom stereocenters. The second-order valence-electron chi connectivity index (χ2n) is 4.54. The van der Waals surface area contributed by atoms with Gasteiger partial charge in [0.05, 0.1) is 6.20 Å². The van der Waals surface area contributed by atoms with Crippen LogP contribution in [0.3, 0.4) is 0 Å². The fraction of sp³-hybridized carbons (Fsp3) is 0.0625. The minimum Gasteiger partial charge on any atom is -0.444 e. The summed E-state index contributed by atoms with van der Waals surface area (Å²) < 4.78 is 19.1.